The molecule has 1 saturated heterocycles. The maximum atomic E-state index is 13.3. The number of carbonyl (C=O) groups excluding carboxylic acids is 1. The second kappa shape index (κ2) is 8.13. The highest BCUT2D eigenvalue weighted by atomic mass is 19.1. The van der Waals surface area contributed by atoms with Crippen LogP contribution in [0.15, 0.2) is 48.5 Å². The van der Waals surface area contributed by atoms with E-state index in [2.05, 4.69) is 15.1 Å². The number of benzene rings is 2. The molecule has 0 aliphatic carbocycles. The maximum Gasteiger partial charge on any atom is 0.361 e. The number of anilines is 1. The number of fused-ring (bicyclic) bond motifs is 1. The van der Waals surface area contributed by atoms with E-state index in [0.29, 0.717) is 24.3 Å². The van der Waals surface area contributed by atoms with E-state index >= 15 is 0 Å². The van der Waals surface area contributed by atoms with E-state index in [1.165, 1.54) is 12.1 Å². The molecular weight excluding hydrogens is 373 g/mol. The summed E-state index contributed by atoms with van der Waals surface area (Å²) in [7, 11) is 0. The number of hydrogen-bond acceptors (Lipinski definition) is 6. The van der Waals surface area contributed by atoms with Crippen molar-refractivity contribution in [3.05, 3.63) is 65.6 Å². The highest BCUT2D eigenvalue weighted by Crippen LogP contribution is 2.34. The zero-order valence-electron chi connectivity index (χ0n) is 16.3. The SMILES string of the molecule is CCOC(=O)c1nnc2ccccc2c1N1CC(C)OC(c2ccc(F)cc2)C1. The van der Waals surface area contributed by atoms with Crippen LogP contribution in [0.25, 0.3) is 10.9 Å². The Balaban J connectivity index is 1.78. The average Bonchev–Trinajstić information content (AvgIpc) is 2.73. The zero-order chi connectivity index (χ0) is 20.4. The van der Waals surface area contributed by atoms with Crippen LogP contribution in [0.4, 0.5) is 10.1 Å². The fourth-order valence-corrected chi connectivity index (χ4v) is 3.69. The molecule has 0 spiro atoms. The van der Waals surface area contributed by atoms with Crippen molar-refractivity contribution in [3.63, 3.8) is 0 Å². The standard InChI is InChI=1S/C22H22FN3O3/c1-3-28-22(27)20-21(17-6-4-5-7-18(17)24-25-20)26-12-14(2)29-19(13-26)15-8-10-16(23)11-9-15/h4-11,14,19H,3,12-13H2,1-2H3. The second-order valence-corrected chi connectivity index (χ2v) is 7.03. The largest absolute Gasteiger partial charge is 0.461 e. The molecule has 0 amide bonds. The van der Waals surface area contributed by atoms with Crippen molar-refractivity contribution in [2.24, 2.45) is 0 Å². The molecule has 6 nitrogen and oxygen atoms in total. The first kappa shape index (κ1) is 19.3. The first-order valence-corrected chi connectivity index (χ1v) is 9.65. The summed E-state index contributed by atoms with van der Waals surface area (Å²) in [5.41, 5.74) is 2.47. The molecular formula is C22H22FN3O3. The molecule has 1 aliphatic rings. The number of aromatic nitrogens is 2. The summed E-state index contributed by atoms with van der Waals surface area (Å²) in [5, 5.41) is 9.20. The number of halogens is 1. The Labute approximate surface area is 168 Å². The van der Waals surface area contributed by atoms with Crippen LogP contribution in [-0.2, 0) is 9.47 Å². The Morgan fingerprint density at radius 1 is 1.17 bits per heavy atom. The molecule has 2 atom stereocenters. The summed E-state index contributed by atoms with van der Waals surface area (Å²) in [6.45, 7) is 5.07. The number of hydrogen-bond donors (Lipinski definition) is 0. The van der Waals surface area contributed by atoms with Gasteiger partial charge in [0.2, 0.25) is 0 Å². The molecule has 0 saturated carbocycles. The number of ether oxygens (including phenoxy) is 2. The summed E-state index contributed by atoms with van der Waals surface area (Å²) in [5.74, 6) is -0.790. The van der Waals surface area contributed by atoms with Crippen LogP contribution in [0.1, 0.15) is 36.0 Å². The molecule has 1 aliphatic heterocycles. The van der Waals surface area contributed by atoms with Crippen LogP contribution >= 0.6 is 0 Å². The van der Waals surface area contributed by atoms with Gasteiger partial charge in [0.1, 0.15) is 11.9 Å². The first-order valence-electron chi connectivity index (χ1n) is 9.65. The third kappa shape index (κ3) is 3.91. The lowest BCUT2D eigenvalue weighted by molar-refractivity contribution is -0.0174. The predicted molar refractivity (Wildman–Crippen MR) is 107 cm³/mol. The quantitative estimate of drug-likeness (QED) is 0.624. The third-order valence-electron chi connectivity index (χ3n) is 4.93. The van der Waals surface area contributed by atoms with Crippen LogP contribution in [0, 0.1) is 5.82 Å². The van der Waals surface area contributed by atoms with Gasteiger partial charge in [-0.05, 0) is 37.6 Å². The van der Waals surface area contributed by atoms with E-state index in [0.717, 1.165) is 10.9 Å². The monoisotopic (exact) mass is 395 g/mol. The van der Waals surface area contributed by atoms with Gasteiger partial charge in [0.25, 0.3) is 0 Å². The van der Waals surface area contributed by atoms with E-state index in [4.69, 9.17) is 9.47 Å². The lowest BCUT2D eigenvalue weighted by atomic mass is 10.0. The van der Waals surface area contributed by atoms with E-state index < -0.39 is 5.97 Å². The van der Waals surface area contributed by atoms with E-state index in [1.54, 1.807) is 19.1 Å². The minimum absolute atomic E-state index is 0.0965. The van der Waals surface area contributed by atoms with Gasteiger partial charge >= 0.3 is 5.97 Å². The summed E-state index contributed by atoms with van der Waals surface area (Å²) >= 11 is 0. The molecule has 1 aromatic heterocycles. The van der Waals surface area contributed by atoms with E-state index in [9.17, 15) is 9.18 Å². The molecule has 0 bridgehead atoms. The minimum atomic E-state index is -0.502. The van der Waals surface area contributed by atoms with Crippen LogP contribution < -0.4 is 4.90 Å². The summed E-state index contributed by atoms with van der Waals surface area (Å²) in [6.07, 6.45) is -0.359. The predicted octanol–water partition coefficient (Wildman–Crippen LogP) is 3.91. The van der Waals surface area contributed by atoms with Crippen LogP contribution in [-0.4, -0.2) is 42.0 Å². The van der Waals surface area contributed by atoms with Gasteiger partial charge in [-0.2, -0.15) is 0 Å². The van der Waals surface area contributed by atoms with Crippen LogP contribution in [0.3, 0.4) is 0 Å². The molecule has 150 valence electrons. The summed E-state index contributed by atoms with van der Waals surface area (Å²) in [4.78, 5) is 14.7. The van der Waals surface area contributed by atoms with Gasteiger partial charge in [-0.25, -0.2) is 9.18 Å². The molecule has 0 N–H and O–H groups in total. The molecule has 4 rings (SSSR count). The second-order valence-electron chi connectivity index (χ2n) is 7.03. The molecule has 2 unspecified atom stereocenters. The lowest BCUT2D eigenvalue weighted by Crippen LogP contribution is -2.43. The highest BCUT2D eigenvalue weighted by molar-refractivity contribution is 6.03. The molecule has 2 aromatic carbocycles. The Bertz CT molecular complexity index is 1030. The Kier molecular flexibility index (Phi) is 5.40. The molecule has 7 heteroatoms. The fourth-order valence-electron chi connectivity index (χ4n) is 3.69. The summed E-state index contributed by atoms with van der Waals surface area (Å²) in [6, 6.07) is 13.9. The molecule has 3 aromatic rings. The third-order valence-corrected chi connectivity index (χ3v) is 4.93. The van der Waals surface area contributed by atoms with Crippen molar-refractivity contribution >= 4 is 22.6 Å². The van der Waals surface area contributed by atoms with Gasteiger partial charge in [0.05, 0.1) is 23.9 Å². The van der Waals surface area contributed by atoms with Gasteiger partial charge in [-0.15, -0.1) is 10.2 Å². The summed E-state index contributed by atoms with van der Waals surface area (Å²) < 4.78 is 24.7. The van der Waals surface area contributed by atoms with E-state index in [1.807, 2.05) is 31.2 Å². The Morgan fingerprint density at radius 3 is 2.69 bits per heavy atom. The minimum Gasteiger partial charge on any atom is -0.461 e. The van der Waals surface area contributed by atoms with Crippen molar-refractivity contribution in [1.82, 2.24) is 10.2 Å². The van der Waals surface area contributed by atoms with Gasteiger partial charge in [-0.3, -0.25) is 0 Å². The number of morpholine rings is 1. The zero-order valence-corrected chi connectivity index (χ0v) is 16.3. The van der Waals surface area contributed by atoms with Crippen LogP contribution in [0.2, 0.25) is 0 Å². The maximum absolute atomic E-state index is 13.3. The normalized spacial score (nSPS) is 19.3. The lowest BCUT2D eigenvalue weighted by Gasteiger charge is -2.39. The Hall–Kier alpha value is -3.06. The average molecular weight is 395 g/mol. The molecule has 2 heterocycles. The first-order chi connectivity index (χ1) is 14.1. The van der Waals surface area contributed by atoms with Gasteiger partial charge in [-0.1, -0.05) is 30.3 Å². The number of rotatable bonds is 4. The smallest absolute Gasteiger partial charge is 0.361 e. The van der Waals surface area contributed by atoms with Crippen molar-refractivity contribution in [2.45, 2.75) is 26.1 Å². The number of carbonyl (C=O) groups is 1. The molecule has 0 radical (unpaired) electrons. The van der Waals surface area contributed by atoms with Crippen molar-refractivity contribution in [2.75, 3.05) is 24.6 Å². The Morgan fingerprint density at radius 2 is 1.93 bits per heavy atom. The van der Waals surface area contributed by atoms with Crippen molar-refractivity contribution < 1.29 is 18.7 Å². The van der Waals surface area contributed by atoms with Crippen molar-refractivity contribution in [1.29, 1.82) is 0 Å². The van der Waals surface area contributed by atoms with Gasteiger partial charge in [0, 0.05) is 18.5 Å². The fraction of sp³-hybridized carbons (Fsp3) is 0.318. The van der Waals surface area contributed by atoms with Crippen molar-refractivity contribution in [3.8, 4) is 0 Å². The van der Waals surface area contributed by atoms with Gasteiger partial charge in [0.15, 0.2) is 5.69 Å². The number of nitrogens with zero attached hydrogens (tertiary/aromatic N) is 3. The topological polar surface area (TPSA) is 64.5 Å². The van der Waals surface area contributed by atoms with Crippen LogP contribution in [0.5, 0.6) is 0 Å². The van der Waals surface area contributed by atoms with Gasteiger partial charge < -0.3 is 14.4 Å². The molecule has 29 heavy (non-hydrogen) atoms. The van der Waals surface area contributed by atoms with E-state index in [-0.39, 0.29) is 30.3 Å². The highest BCUT2D eigenvalue weighted by Gasteiger charge is 2.31. The number of esters is 1. The molecule has 1 fully saturated rings.